The van der Waals surface area contributed by atoms with Gasteiger partial charge in [-0.2, -0.15) is 5.26 Å². The Labute approximate surface area is 119 Å². The maximum absolute atomic E-state index is 11.3. The monoisotopic (exact) mass is 276 g/mol. The van der Waals surface area contributed by atoms with E-state index in [1.165, 1.54) is 0 Å². The number of nitriles is 1. The Morgan fingerprint density at radius 2 is 2.00 bits per heavy atom. The summed E-state index contributed by atoms with van der Waals surface area (Å²) in [4.78, 5) is 13.3. The molecule has 0 radical (unpaired) electrons. The third kappa shape index (κ3) is 6.10. The number of para-hydroxylation sites is 1. The molecule has 108 valence electrons. The lowest BCUT2D eigenvalue weighted by atomic mass is 10.2. The van der Waals surface area contributed by atoms with Crippen LogP contribution in [-0.4, -0.2) is 32.0 Å². The van der Waals surface area contributed by atoms with Crippen molar-refractivity contribution in [2.75, 3.05) is 24.6 Å². The van der Waals surface area contributed by atoms with Crippen LogP contribution in [-0.2, 0) is 9.47 Å². The van der Waals surface area contributed by atoms with Crippen LogP contribution in [0.25, 0.3) is 0 Å². The van der Waals surface area contributed by atoms with E-state index in [1.54, 1.807) is 13.8 Å². The van der Waals surface area contributed by atoms with Crippen LogP contribution in [0.5, 0.6) is 0 Å². The van der Waals surface area contributed by atoms with Gasteiger partial charge in [-0.15, -0.1) is 0 Å². The number of hydrogen-bond donors (Lipinski definition) is 0. The number of nitrogens with zero attached hydrogens (tertiary/aromatic N) is 2. The van der Waals surface area contributed by atoms with Crippen molar-refractivity contribution in [3.05, 3.63) is 30.3 Å². The Morgan fingerprint density at radius 3 is 2.60 bits per heavy atom. The van der Waals surface area contributed by atoms with E-state index in [-0.39, 0.29) is 12.7 Å². The maximum atomic E-state index is 11.3. The predicted molar refractivity (Wildman–Crippen MR) is 76.5 cm³/mol. The number of hydrogen-bond acceptors (Lipinski definition) is 5. The van der Waals surface area contributed by atoms with Gasteiger partial charge >= 0.3 is 6.16 Å². The zero-order valence-electron chi connectivity index (χ0n) is 11.9. The minimum Gasteiger partial charge on any atom is -0.432 e. The van der Waals surface area contributed by atoms with Gasteiger partial charge in [0.1, 0.15) is 6.61 Å². The highest BCUT2D eigenvalue weighted by molar-refractivity contribution is 5.60. The smallest absolute Gasteiger partial charge is 0.432 e. The van der Waals surface area contributed by atoms with E-state index in [9.17, 15) is 4.79 Å². The third-order valence-corrected chi connectivity index (χ3v) is 2.53. The van der Waals surface area contributed by atoms with Crippen molar-refractivity contribution < 1.29 is 14.3 Å². The molecule has 0 aromatic heterocycles. The van der Waals surface area contributed by atoms with Gasteiger partial charge in [0.15, 0.2) is 0 Å². The zero-order chi connectivity index (χ0) is 14.8. The summed E-state index contributed by atoms with van der Waals surface area (Å²) >= 11 is 0. The van der Waals surface area contributed by atoms with E-state index in [0.29, 0.717) is 19.5 Å². The first-order chi connectivity index (χ1) is 9.63. The van der Waals surface area contributed by atoms with Gasteiger partial charge in [-0.3, -0.25) is 0 Å². The summed E-state index contributed by atoms with van der Waals surface area (Å²) in [7, 11) is 0. The van der Waals surface area contributed by atoms with Crippen LogP contribution in [0.2, 0.25) is 0 Å². The highest BCUT2D eigenvalue weighted by atomic mass is 16.7. The van der Waals surface area contributed by atoms with Crippen LogP contribution in [0.3, 0.4) is 0 Å². The van der Waals surface area contributed by atoms with Crippen molar-refractivity contribution >= 4 is 11.8 Å². The lowest BCUT2D eigenvalue weighted by molar-refractivity contribution is 0.0362. The molecule has 1 aromatic carbocycles. The molecule has 0 amide bonds. The minimum atomic E-state index is -0.659. The Kier molecular flexibility index (Phi) is 6.97. The number of ether oxygens (including phenoxy) is 2. The molecule has 0 unspecified atom stereocenters. The Bertz CT molecular complexity index is 440. The first-order valence-electron chi connectivity index (χ1n) is 6.64. The van der Waals surface area contributed by atoms with Crippen molar-refractivity contribution in [3.63, 3.8) is 0 Å². The standard InChI is InChI=1S/C15H20N2O3/c1-13(2)20-15(18)19-12-11-17(10-6-9-16)14-7-4-3-5-8-14/h3-5,7-8,13H,6,10-12H2,1-2H3. The second-order valence-corrected chi connectivity index (χ2v) is 4.50. The molecule has 0 bridgehead atoms. The first kappa shape index (κ1) is 15.8. The fourth-order valence-electron chi connectivity index (χ4n) is 1.66. The van der Waals surface area contributed by atoms with Crippen LogP contribution < -0.4 is 4.90 Å². The predicted octanol–water partition coefficient (Wildman–Crippen LogP) is 2.97. The first-order valence-corrected chi connectivity index (χ1v) is 6.64. The van der Waals surface area contributed by atoms with Gasteiger partial charge in [-0.25, -0.2) is 4.79 Å². The van der Waals surface area contributed by atoms with Gasteiger partial charge in [0, 0.05) is 12.2 Å². The third-order valence-electron chi connectivity index (χ3n) is 2.53. The molecule has 0 saturated heterocycles. The second kappa shape index (κ2) is 8.81. The molecule has 0 fully saturated rings. The molecule has 0 N–H and O–H groups in total. The molecule has 1 rings (SSSR count). The molecule has 0 aliphatic rings. The summed E-state index contributed by atoms with van der Waals surface area (Å²) in [6.45, 7) is 4.89. The zero-order valence-corrected chi connectivity index (χ0v) is 11.9. The van der Waals surface area contributed by atoms with E-state index < -0.39 is 6.16 Å². The highest BCUT2D eigenvalue weighted by Gasteiger charge is 2.09. The number of benzene rings is 1. The molecule has 20 heavy (non-hydrogen) atoms. The summed E-state index contributed by atoms with van der Waals surface area (Å²) in [6.07, 6.45) is -0.426. The number of rotatable bonds is 7. The molecule has 5 nitrogen and oxygen atoms in total. The van der Waals surface area contributed by atoms with E-state index in [2.05, 4.69) is 6.07 Å². The molecule has 1 aromatic rings. The molecule has 0 heterocycles. The largest absolute Gasteiger partial charge is 0.508 e. The van der Waals surface area contributed by atoms with Gasteiger partial charge in [0.2, 0.25) is 0 Å². The van der Waals surface area contributed by atoms with Crippen LogP contribution in [0.4, 0.5) is 10.5 Å². The van der Waals surface area contributed by atoms with Crippen molar-refractivity contribution in [3.8, 4) is 6.07 Å². The molecule has 0 aliphatic heterocycles. The summed E-state index contributed by atoms with van der Waals surface area (Å²) in [5.41, 5.74) is 1.00. The second-order valence-electron chi connectivity index (χ2n) is 4.50. The molecule has 5 heteroatoms. The molecule has 0 spiro atoms. The Hall–Kier alpha value is -2.22. The maximum Gasteiger partial charge on any atom is 0.508 e. The molecular formula is C15H20N2O3. The van der Waals surface area contributed by atoms with Crippen molar-refractivity contribution in [2.45, 2.75) is 26.4 Å². The fraction of sp³-hybridized carbons (Fsp3) is 0.467. The van der Waals surface area contributed by atoms with Gasteiger partial charge in [-0.1, -0.05) is 18.2 Å². The van der Waals surface area contributed by atoms with Gasteiger partial charge in [0.05, 0.1) is 25.1 Å². The van der Waals surface area contributed by atoms with E-state index in [4.69, 9.17) is 14.7 Å². The number of carbonyl (C=O) groups is 1. The van der Waals surface area contributed by atoms with Gasteiger partial charge in [0.25, 0.3) is 0 Å². The fourth-order valence-corrected chi connectivity index (χ4v) is 1.66. The van der Waals surface area contributed by atoms with E-state index in [0.717, 1.165) is 5.69 Å². The van der Waals surface area contributed by atoms with Crippen molar-refractivity contribution in [1.29, 1.82) is 5.26 Å². The van der Waals surface area contributed by atoms with Gasteiger partial charge < -0.3 is 14.4 Å². The van der Waals surface area contributed by atoms with E-state index >= 15 is 0 Å². The molecule has 0 saturated carbocycles. The van der Waals surface area contributed by atoms with Crippen molar-refractivity contribution in [2.24, 2.45) is 0 Å². The summed E-state index contributed by atoms with van der Waals surface area (Å²) in [6, 6.07) is 11.8. The van der Waals surface area contributed by atoms with Crippen molar-refractivity contribution in [1.82, 2.24) is 0 Å². The Balaban J connectivity index is 2.46. The van der Waals surface area contributed by atoms with Crippen LogP contribution in [0.15, 0.2) is 30.3 Å². The molecule has 0 atom stereocenters. The van der Waals surface area contributed by atoms with Crippen LogP contribution in [0.1, 0.15) is 20.3 Å². The van der Waals surface area contributed by atoms with E-state index in [1.807, 2.05) is 35.2 Å². The topological polar surface area (TPSA) is 62.6 Å². The number of anilines is 1. The summed E-state index contributed by atoms with van der Waals surface area (Å²) in [5.74, 6) is 0. The SMILES string of the molecule is CC(C)OC(=O)OCCN(CCC#N)c1ccccc1. The molecular weight excluding hydrogens is 256 g/mol. The van der Waals surface area contributed by atoms with Gasteiger partial charge in [-0.05, 0) is 26.0 Å². The van der Waals surface area contributed by atoms with Crippen LogP contribution in [0, 0.1) is 11.3 Å². The summed E-state index contributed by atoms with van der Waals surface area (Å²) in [5, 5.41) is 8.69. The normalized spacial score (nSPS) is 9.90. The minimum absolute atomic E-state index is 0.189. The average molecular weight is 276 g/mol. The van der Waals surface area contributed by atoms with Crippen LogP contribution >= 0.6 is 0 Å². The molecule has 0 aliphatic carbocycles. The number of carbonyl (C=O) groups excluding carboxylic acids is 1. The summed E-state index contributed by atoms with van der Waals surface area (Å²) < 4.78 is 9.89. The lowest BCUT2D eigenvalue weighted by Gasteiger charge is -2.23. The average Bonchev–Trinajstić information content (AvgIpc) is 2.42. The quantitative estimate of drug-likeness (QED) is 0.716. The lowest BCUT2D eigenvalue weighted by Crippen LogP contribution is -2.29. The highest BCUT2D eigenvalue weighted by Crippen LogP contribution is 2.13. The Morgan fingerprint density at radius 1 is 1.30 bits per heavy atom.